The maximum absolute atomic E-state index is 5.97. The second kappa shape index (κ2) is 3.01. The van der Waals surface area contributed by atoms with Crippen LogP contribution in [0.1, 0.15) is 18.8 Å². The lowest BCUT2D eigenvalue weighted by Crippen LogP contribution is -2.09. The van der Waals surface area contributed by atoms with E-state index in [2.05, 4.69) is 4.98 Å². The van der Waals surface area contributed by atoms with Gasteiger partial charge in [0.05, 0.1) is 22.8 Å². The highest BCUT2D eigenvalue weighted by Gasteiger charge is 2.08. The van der Waals surface area contributed by atoms with Gasteiger partial charge in [-0.3, -0.25) is 0 Å². The summed E-state index contributed by atoms with van der Waals surface area (Å²) >= 11 is 5.97. The number of nitrogens with two attached hydrogens (primary N) is 1. The summed E-state index contributed by atoms with van der Waals surface area (Å²) in [7, 11) is 0. The zero-order chi connectivity index (χ0) is 9.42. The van der Waals surface area contributed by atoms with Crippen LogP contribution in [0.2, 0.25) is 5.02 Å². The maximum atomic E-state index is 5.97. The van der Waals surface area contributed by atoms with Crippen molar-refractivity contribution in [2.24, 2.45) is 5.73 Å². The van der Waals surface area contributed by atoms with Crippen molar-refractivity contribution in [3.63, 3.8) is 0 Å². The van der Waals surface area contributed by atoms with Crippen molar-refractivity contribution < 1.29 is 0 Å². The normalized spacial score (nSPS) is 13.5. The molecule has 2 aromatic rings. The van der Waals surface area contributed by atoms with Gasteiger partial charge in [-0.05, 0) is 19.1 Å². The van der Waals surface area contributed by atoms with Gasteiger partial charge in [-0.25, -0.2) is 4.98 Å². The minimum atomic E-state index is -0.0824. The van der Waals surface area contributed by atoms with E-state index in [9.17, 15) is 0 Å². The highest BCUT2D eigenvalue weighted by Crippen LogP contribution is 2.19. The Morgan fingerprint density at radius 1 is 1.62 bits per heavy atom. The second-order valence-corrected chi connectivity index (χ2v) is 3.42. The van der Waals surface area contributed by atoms with Crippen molar-refractivity contribution in [1.29, 1.82) is 0 Å². The molecule has 2 heterocycles. The Balaban J connectivity index is 2.75. The molecule has 3 nitrogen and oxygen atoms in total. The predicted molar refractivity (Wildman–Crippen MR) is 52.8 cm³/mol. The molecule has 0 saturated heterocycles. The van der Waals surface area contributed by atoms with Gasteiger partial charge in [-0.2, -0.15) is 0 Å². The van der Waals surface area contributed by atoms with E-state index in [1.54, 1.807) is 6.20 Å². The predicted octanol–water partition coefficient (Wildman–Crippen LogP) is 2.01. The molecule has 68 valence electrons. The van der Waals surface area contributed by atoms with Crippen molar-refractivity contribution >= 4 is 17.1 Å². The van der Waals surface area contributed by atoms with Crippen LogP contribution in [0.25, 0.3) is 5.52 Å². The molecule has 0 aromatic carbocycles. The first kappa shape index (κ1) is 8.53. The van der Waals surface area contributed by atoms with Crippen molar-refractivity contribution in [2.75, 3.05) is 0 Å². The Hall–Kier alpha value is -1.06. The van der Waals surface area contributed by atoms with Gasteiger partial charge >= 0.3 is 0 Å². The first-order valence-electron chi connectivity index (χ1n) is 4.07. The smallest absolute Gasteiger partial charge is 0.129 e. The summed E-state index contributed by atoms with van der Waals surface area (Å²) in [5, 5.41) is 0.696. The standard InChI is InChI=1S/C9H10ClN3/c1-6(11)9-12-5-8-7(10)3-2-4-13(8)9/h2-6H,11H2,1H3. The topological polar surface area (TPSA) is 43.3 Å². The van der Waals surface area contributed by atoms with Crippen LogP contribution in [0.4, 0.5) is 0 Å². The molecule has 0 aliphatic rings. The van der Waals surface area contributed by atoms with E-state index in [1.165, 1.54) is 0 Å². The molecule has 0 spiro atoms. The van der Waals surface area contributed by atoms with Crippen molar-refractivity contribution in [1.82, 2.24) is 9.38 Å². The summed E-state index contributed by atoms with van der Waals surface area (Å²) < 4.78 is 1.91. The number of fused-ring (bicyclic) bond motifs is 1. The number of halogens is 1. The van der Waals surface area contributed by atoms with Crippen LogP contribution in [0.3, 0.4) is 0 Å². The Kier molecular flexibility index (Phi) is 1.98. The van der Waals surface area contributed by atoms with Crippen LogP contribution >= 0.6 is 11.6 Å². The Morgan fingerprint density at radius 2 is 2.38 bits per heavy atom. The quantitative estimate of drug-likeness (QED) is 0.757. The van der Waals surface area contributed by atoms with Gasteiger partial charge in [0.1, 0.15) is 5.82 Å². The molecule has 1 unspecified atom stereocenters. The molecule has 0 fully saturated rings. The fourth-order valence-electron chi connectivity index (χ4n) is 1.34. The molecule has 2 N–H and O–H groups in total. The lowest BCUT2D eigenvalue weighted by Gasteiger charge is -2.03. The number of imidazole rings is 1. The van der Waals surface area contributed by atoms with E-state index < -0.39 is 0 Å². The lowest BCUT2D eigenvalue weighted by atomic mass is 10.3. The molecule has 13 heavy (non-hydrogen) atoms. The molecular formula is C9H10ClN3. The molecule has 0 bridgehead atoms. The molecule has 2 aromatic heterocycles. The highest BCUT2D eigenvalue weighted by molar-refractivity contribution is 6.33. The van der Waals surface area contributed by atoms with Gasteiger partial charge in [0.2, 0.25) is 0 Å². The Morgan fingerprint density at radius 3 is 3.08 bits per heavy atom. The Labute approximate surface area is 81.1 Å². The second-order valence-electron chi connectivity index (χ2n) is 3.02. The van der Waals surface area contributed by atoms with Crippen LogP contribution < -0.4 is 5.73 Å². The van der Waals surface area contributed by atoms with E-state index in [1.807, 2.05) is 29.7 Å². The molecule has 0 amide bonds. The van der Waals surface area contributed by atoms with Gasteiger partial charge in [0.15, 0.2) is 0 Å². The van der Waals surface area contributed by atoms with Crippen LogP contribution in [-0.4, -0.2) is 9.38 Å². The summed E-state index contributed by atoms with van der Waals surface area (Å²) in [6.45, 7) is 1.90. The minimum Gasteiger partial charge on any atom is -0.322 e. The molecule has 0 aliphatic carbocycles. The van der Waals surface area contributed by atoms with Gasteiger partial charge in [-0.15, -0.1) is 0 Å². The number of rotatable bonds is 1. The molecular weight excluding hydrogens is 186 g/mol. The lowest BCUT2D eigenvalue weighted by molar-refractivity contribution is 0.736. The largest absolute Gasteiger partial charge is 0.322 e. The van der Waals surface area contributed by atoms with E-state index in [-0.39, 0.29) is 6.04 Å². The van der Waals surface area contributed by atoms with Gasteiger partial charge in [-0.1, -0.05) is 11.6 Å². The summed E-state index contributed by atoms with van der Waals surface area (Å²) in [5.74, 6) is 0.831. The van der Waals surface area contributed by atoms with E-state index >= 15 is 0 Å². The van der Waals surface area contributed by atoms with E-state index in [4.69, 9.17) is 17.3 Å². The van der Waals surface area contributed by atoms with E-state index in [0.29, 0.717) is 5.02 Å². The molecule has 1 atom stereocenters. The molecule has 2 rings (SSSR count). The first-order chi connectivity index (χ1) is 6.20. The van der Waals surface area contributed by atoms with Crippen molar-refractivity contribution in [3.8, 4) is 0 Å². The fourth-order valence-corrected chi connectivity index (χ4v) is 1.56. The van der Waals surface area contributed by atoms with Crippen LogP contribution in [0.15, 0.2) is 24.5 Å². The third kappa shape index (κ3) is 1.30. The minimum absolute atomic E-state index is 0.0824. The fraction of sp³-hybridized carbons (Fsp3) is 0.222. The number of hydrogen-bond donors (Lipinski definition) is 1. The van der Waals surface area contributed by atoms with Gasteiger partial charge < -0.3 is 10.1 Å². The average molecular weight is 196 g/mol. The highest BCUT2D eigenvalue weighted by atomic mass is 35.5. The monoisotopic (exact) mass is 195 g/mol. The summed E-state index contributed by atoms with van der Waals surface area (Å²) in [6, 6.07) is 3.63. The molecule has 0 saturated carbocycles. The summed E-state index contributed by atoms with van der Waals surface area (Å²) in [5.41, 5.74) is 6.65. The van der Waals surface area contributed by atoms with Gasteiger partial charge in [0, 0.05) is 6.20 Å². The third-order valence-corrected chi connectivity index (χ3v) is 2.27. The SMILES string of the molecule is CC(N)c1ncc2c(Cl)cccn12. The zero-order valence-corrected chi connectivity index (χ0v) is 7.99. The molecule has 4 heteroatoms. The van der Waals surface area contributed by atoms with Crippen LogP contribution in [0, 0.1) is 0 Å². The van der Waals surface area contributed by atoms with Crippen LogP contribution in [-0.2, 0) is 0 Å². The summed E-state index contributed by atoms with van der Waals surface area (Å²) in [4.78, 5) is 4.21. The van der Waals surface area contributed by atoms with Crippen LogP contribution in [0.5, 0.6) is 0 Å². The molecule has 0 aliphatic heterocycles. The van der Waals surface area contributed by atoms with Crippen molar-refractivity contribution in [3.05, 3.63) is 35.4 Å². The average Bonchev–Trinajstić information content (AvgIpc) is 2.48. The van der Waals surface area contributed by atoms with Gasteiger partial charge in [0.25, 0.3) is 0 Å². The Bertz CT molecular complexity index is 433. The molecule has 0 radical (unpaired) electrons. The zero-order valence-electron chi connectivity index (χ0n) is 7.24. The number of pyridine rings is 1. The number of aromatic nitrogens is 2. The number of nitrogens with zero attached hydrogens (tertiary/aromatic N) is 2. The maximum Gasteiger partial charge on any atom is 0.129 e. The number of hydrogen-bond acceptors (Lipinski definition) is 2. The first-order valence-corrected chi connectivity index (χ1v) is 4.45. The summed E-state index contributed by atoms with van der Waals surface area (Å²) in [6.07, 6.45) is 3.65. The van der Waals surface area contributed by atoms with E-state index in [0.717, 1.165) is 11.3 Å². The third-order valence-electron chi connectivity index (χ3n) is 1.96. The van der Waals surface area contributed by atoms with Crippen molar-refractivity contribution in [2.45, 2.75) is 13.0 Å².